The first-order valence-corrected chi connectivity index (χ1v) is 10.8. The number of halogens is 3. The van der Waals surface area contributed by atoms with Crippen LogP contribution in [0.2, 0.25) is 0 Å². The van der Waals surface area contributed by atoms with E-state index in [1.54, 1.807) is 0 Å². The predicted octanol–water partition coefficient (Wildman–Crippen LogP) is 2.37. The summed E-state index contributed by atoms with van der Waals surface area (Å²) in [6.45, 7) is 2.12. The van der Waals surface area contributed by atoms with E-state index in [0.29, 0.717) is 24.0 Å². The first-order valence-electron chi connectivity index (χ1n) is 9.17. The highest BCUT2D eigenvalue weighted by Gasteiger charge is 2.31. The highest BCUT2D eigenvalue weighted by Crippen LogP contribution is 2.31. The van der Waals surface area contributed by atoms with Gasteiger partial charge in [-0.05, 0) is 12.1 Å². The van der Waals surface area contributed by atoms with E-state index in [4.69, 9.17) is 9.47 Å². The molecule has 2 aromatic heterocycles. The van der Waals surface area contributed by atoms with E-state index in [1.165, 1.54) is 25.4 Å². The minimum atomic E-state index is -4.64. The number of benzene rings is 1. The first-order chi connectivity index (χ1) is 14.6. The van der Waals surface area contributed by atoms with Crippen LogP contribution in [0.3, 0.4) is 0 Å². The Morgan fingerprint density at radius 2 is 1.97 bits per heavy atom. The molecule has 1 aliphatic rings. The molecule has 0 atom stereocenters. The molecule has 31 heavy (non-hydrogen) atoms. The number of hydrogen-bond acceptors (Lipinski definition) is 7. The lowest BCUT2D eigenvalue weighted by molar-refractivity contribution is -0.137. The molecule has 0 amide bonds. The van der Waals surface area contributed by atoms with Crippen molar-refractivity contribution in [2.24, 2.45) is 0 Å². The topological polar surface area (TPSA) is 100 Å². The second-order valence-electron chi connectivity index (χ2n) is 6.83. The van der Waals surface area contributed by atoms with Gasteiger partial charge in [-0.15, -0.1) is 0 Å². The van der Waals surface area contributed by atoms with Crippen LogP contribution in [-0.2, 0) is 20.8 Å². The average molecular weight is 455 g/mol. The van der Waals surface area contributed by atoms with Crippen LogP contribution >= 0.6 is 0 Å². The fourth-order valence-corrected chi connectivity index (χ4v) is 3.99. The van der Waals surface area contributed by atoms with Gasteiger partial charge in [0.15, 0.2) is 15.7 Å². The number of alkyl halides is 3. The van der Waals surface area contributed by atoms with Gasteiger partial charge in [-0.3, -0.25) is 4.79 Å². The Labute approximate surface area is 174 Å². The number of ether oxygens (including phenoxy) is 2. The fraction of sp³-hybridized carbons (Fsp3) is 0.316. The van der Waals surface area contributed by atoms with Crippen molar-refractivity contribution >= 4 is 20.6 Å². The van der Waals surface area contributed by atoms with E-state index < -0.39 is 27.1 Å². The van der Waals surface area contributed by atoms with Crippen LogP contribution in [0.4, 0.5) is 13.2 Å². The van der Waals surface area contributed by atoms with Crippen LogP contribution in [0, 0.1) is 0 Å². The quantitative estimate of drug-likeness (QED) is 0.582. The summed E-state index contributed by atoms with van der Waals surface area (Å²) in [6, 6.07) is 3.91. The van der Waals surface area contributed by atoms with E-state index in [0.717, 1.165) is 12.1 Å². The van der Waals surface area contributed by atoms with Crippen molar-refractivity contribution in [1.82, 2.24) is 14.8 Å². The van der Waals surface area contributed by atoms with E-state index >= 15 is 0 Å². The second kappa shape index (κ2) is 7.61. The Bertz CT molecular complexity index is 1320. The summed E-state index contributed by atoms with van der Waals surface area (Å²) in [5.74, 6) is -0.446. The zero-order valence-electron chi connectivity index (χ0n) is 16.1. The molecule has 0 N–H and O–H groups in total. The maximum absolute atomic E-state index is 13.1. The molecule has 12 heteroatoms. The van der Waals surface area contributed by atoms with Gasteiger partial charge in [0.05, 0.1) is 42.3 Å². The van der Waals surface area contributed by atoms with E-state index in [2.05, 4.69) is 10.1 Å². The molecule has 0 spiro atoms. The third-order valence-electron chi connectivity index (χ3n) is 4.75. The van der Waals surface area contributed by atoms with Gasteiger partial charge in [0.25, 0.3) is 5.56 Å². The summed E-state index contributed by atoms with van der Waals surface area (Å²) in [5.41, 5.74) is -1.93. The lowest BCUT2D eigenvalue weighted by atomic mass is 10.1. The van der Waals surface area contributed by atoms with Crippen LogP contribution < -0.4 is 10.3 Å². The molecule has 8 nitrogen and oxygen atoms in total. The number of aromatic nitrogens is 3. The predicted molar refractivity (Wildman–Crippen MR) is 103 cm³/mol. The van der Waals surface area contributed by atoms with Gasteiger partial charge in [-0.1, -0.05) is 13.0 Å². The number of hydrogen-bond donors (Lipinski definition) is 0. The van der Waals surface area contributed by atoms with E-state index in [-0.39, 0.29) is 39.1 Å². The van der Waals surface area contributed by atoms with Crippen LogP contribution in [-0.4, -0.2) is 48.3 Å². The van der Waals surface area contributed by atoms with Crippen LogP contribution in [0.25, 0.3) is 16.6 Å². The number of rotatable bonds is 5. The van der Waals surface area contributed by atoms with E-state index in [1.807, 2.05) is 0 Å². The smallest absolute Gasteiger partial charge is 0.416 e. The van der Waals surface area contributed by atoms with Crippen molar-refractivity contribution in [2.45, 2.75) is 24.1 Å². The molecule has 4 rings (SSSR count). The Hall–Kier alpha value is -2.99. The lowest BCUT2D eigenvalue weighted by Gasteiger charge is -2.26. The van der Waals surface area contributed by atoms with Crippen molar-refractivity contribution in [3.63, 3.8) is 0 Å². The molecule has 1 aliphatic heterocycles. The highest BCUT2D eigenvalue weighted by atomic mass is 32.2. The summed E-state index contributed by atoms with van der Waals surface area (Å²) in [5, 5.41) is 3.84. The molecule has 164 valence electrons. The molecule has 1 saturated heterocycles. The fourth-order valence-electron chi connectivity index (χ4n) is 2.97. The molecular formula is C19H16F3N3O5S. The van der Waals surface area contributed by atoms with Gasteiger partial charge >= 0.3 is 6.18 Å². The SMILES string of the molecule is CCS(=O)(=O)c1cc(OC2COC2)cnc1-n1ncc2ccc(C(F)(F)F)cc2c1=O. The zero-order valence-corrected chi connectivity index (χ0v) is 16.9. The van der Waals surface area contributed by atoms with Crippen molar-refractivity contribution in [2.75, 3.05) is 19.0 Å². The zero-order chi connectivity index (χ0) is 22.4. The van der Waals surface area contributed by atoms with Crippen molar-refractivity contribution < 1.29 is 31.1 Å². The Morgan fingerprint density at radius 3 is 2.58 bits per heavy atom. The van der Waals surface area contributed by atoms with Gasteiger partial charge in [-0.25, -0.2) is 13.4 Å². The summed E-state index contributed by atoms with van der Waals surface area (Å²) >= 11 is 0. The third kappa shape index (κ3) is 4.00. The molecule has 0 unspecified atom stereocenters. The third-order valence-corrected chi connectivity index (χ3v) is 6.48. The monoisotopic (exact) mass is 455 g/mol. The van der Waals surface area contributed by atoms with Crippen molar-refractivity contribution in [1.29, 1.82) is 0 Å². The minimum absolute atomic E-state index is 0.164. The van der Waals surface area contributed by atoms with Crippen LogP contribution in [0.15, 0.2) is 46.3 Å². The lowest BCUT2D eigenvalue weighted by Crippen LogP contribution is -2.38. The molecule has 3 heterocycles. The van der Waals surface area contributed by atoms with Gasteiger partial charge in [0.1, 0.15) is 16.7 Å². The highest BCUT2D eigenvalue weighted by molar-refractivity contribution is 7.91. The van der Waals surface area contributed by atoms with Crippen molar-refractivity contribution in [3.8, 4) is 11.6 Å². The van der Waals surface area contributed by atoms with Crippen molar-refractivity contribution in [3.05, 3.63) is 52.6 Å². The largest absolute Gasteiger partial charge is 0.484 e. The van der Waals surface area contributed by atoms with E-state index in [9.17, 15) is 26.4 Å². The molecule has 0 bridgehead atoms. The summed E-state index contributed by atoms with van der Waals surface area (Å²) < 4.78 is 75.9. The second-order valence-corrected chi connectivity index (χ2v) is 9.08. The molecule has 1 fully saturated rings. The van der Waals surface area contributed by atoms with Gasteiger partial charge in [0.2, 0.25) is 0 Å². The number of sulfone groups is 1. The molecule has 0 saturated carbocycles. The maximum atomic E-state index is 13.1. The first kappa shape index (κ1) is 21.2. The summed E-state index contributed by atoms with van der Waals surface area (Å²) in [4.78, 5) is 16.7. The summed E-state index contributed by atoms with van der Waals surface area (Å²) in [6.07, 6.45) is -2.48. The maximum Gasteiger partial charge on any atom is 0.416 e. The average Bonchev–Trinajstić information content (AvgIpc) is 2.70. The normalized spacial score (nSPS) is 15.1. The number of nitrogens with zero attached hydrogens (tertiary/aromatic N) is 3. The standard InChI is InChI=1S/C19H16F3N3O5S/c1-2-31(27,28)16-6-13(30-14-9-29-10-14)8-23-17(16)25-18(26)15-5-12(19(20,21)22)4-3-11(15)7-24-25/h3-8,14H,2,9-10H2,1H3. The summed E-state index contributed by atoms with van der Waals surface area (Å²) in [7, 11) is -3.88. The van der Waals surface area contributed by atoms with Gasteiger partial charge < -0.3 is 9.47 Å². The Balaban J connectivity index is 1.89. The number of pyridine rings is 1. The Morgan fingerprint density at radius 1 is 1.23 bits per heavy atom. The van der Waals surface area contributed by atoms with Crippen LogP contribution in [0.5, 0.6) is 5.75 Å². The van der Waals surface area contributed by atoms with Crippen LogP contribution in [0.1, 0.15) is 12.5 Å². The van der Waals surface area contributed by atoms with Gasteiger partial charge in [0, 0.05) is 11.5 Å². The molecular weight excluding hydrogens is 439 g/mol. The molecule has 0 aliphatic carbocycles. The Kier molecular flexibility index (Phi) is 5.21. The van der Waals surface area contributed by atoms with Gasteiger partial charge in [-0.2, -0.15) is 23.0 Å². The molecule has 0 radical (unpaired) electrons. The number of fused-ring (bicyclic) bond motifs is 1. The minimum Gasteiger partial charge on any atom is -0.484 e. The molecule has 3 aromatic rings. The molecule has 1 aromatic carbocycles.